The van der Waals surface area contributed by atoms with Gasteiger partial charge in [0.05, 0.1) is 12.5 Å². The lowest BCUT2D eigenvalue weighted by atomic mass is 9.91. The van der Waals surface area contributed by atoms with Crippen LogP contribution in [-0.4, -0.2) is 57.3 Å². The molecule has 0 saturated heterocycles. The van der Waals surface area contributed by atoms with Gasteiger partial charge in [0, 0.05) is 19.3 Å². The number of unbranched alkanes of at least 4 members (excludes halogenated alkanes) is 9. The van der Waals surface area contributed by atoms with E-state index in [0.29, 0.717) is 25.7 Å². The second-order valence-electron chi connectivity index (χ2n) is 10.5. The number of carboxylic acids is 3. The van der Waals surface area contributed by atoms with Gasteiger partial charge in [-0.05, 0) is 44.9 Å². The third-order valence-corrected chi connectivity index (χ3v) is 7.59. The standard InChI is InChI=1S/C30H55NO6/c1-5-9-10-11-12-13-14-15-16-17-18-19-20-24-31(25(21-6-2)28(32)33,26(22-7-3)29(34)35)27(23-8-4)30(36)37/h9-10,25-27H,5-8,11-24H2,1-4H3,(H2-,32,33,34,35,36,37)/b10-9+. The Labute approximate surface area is 225 Å². The molecule has 0 aliphatic carbocycles. The molecule has 0 amide bonds. The monoisotopic (exact) mass is 525 g/mol. The van der Waals surface area contributed by atoms with Crippen LogP contribution < -0.4 is 5.11 Å². The fourth-order valence-electron chi connectivity index (χ4n) is 5.80. The maximum atomic E-state index is 12.5. The van der Waals surface area contributed by atoms with Crippen molar-refractivity contribution >= 4 is 17.9 Å². The second-order valence-corrected chi connectivity index (χ2v) is 10.5. The highest BCUT2D eigenvalue weighted by molar-refractivity contribution is 5.77. The van der Waals surface area contributed by atoms with Crippen LogP contribution >= 0.6 is 0 Å². The Kier molecular flexibility index (Phi) is 20.0. The number of allylic oxidation sites excluding steroid dienone is 2. The molecule has 0 rings (SSSR count). The number of nitrogens with zero attached hydrogens (tertiary/aromatic N) is 1. The number of rotatable bonds is 25. The molecule has 7 nitrogen and oxygen atoms in total. The van der Waals surface area contributed by atoms with Crippen LogP contribution in [0.1, 0.15) is 137 Å². The van der Waals surface area contributed by atoms with Gasteiger partial charge in [-0.3, -0.25) is 4.48 Å². The molecule has 0 aromatic rings. The SMILES string of the molecule is CC/C=C/CCCCCCCCCCC[N+](C(CCC)C(=O)[O-])(C(CCC)C(=O)O)C(CCC)C(=O)O. The maximum absolute atomic E-state index is 12.5. The lowest BCUT2D eigenvalue weighted by molar-refractivity contribution is -0.975. The Morgan fingerprint density at radius 2 is 1.05 bits per heavy atom. The van der Waals surface area contributed by atoms with Crippen LogP contribution in [0.5, 0.6) is 0 Å². The predicted octanol–water partition coefficient (Wildman–Crippen LogP) is 6.10. The van der Waals surface area contributed by atoms with Crippen LogP contribution in [-0.2, 0) is 14.4 Å². The molecule has 0 aromatic heterocycles. The van der Waals surface area contributed by atoms with E-state index in [0.717, 1.165) is 38.5 Å². The molecule has 0 radical (unpaired) electrons. The molecular formula is C30H55NO6. The number of carboxylic acid groups (broad SMARTS) is 3. The van der Waals surface area contributed by atoms with Crippen molar-refractivity contribution in [3.63, 3.8) is 0 Å². The zero-order valence-corrected chi connectivity index (χ0v) is 24.1. The van der Waals surface area contributed by atoms with Gasteiger partial charge in [0.15, 0.2) is 12.1 Å². The van der Waals surface area contributed by atoms with E-state index < -0.39 is 40.5 Å². The van der Waals surface area contributed by atoms with Crippen molar-refractivity contribution in [3.8, 4) is 0 Å². The summed E-state index contributed by atoms with van der Waals surface area (Å²) < 4.78 is -0.436. The van der Waals surface area contributed by atoms with Crippen LogP contribution in [0.15, 0.2) is 12.2 Å². The summed E-state index contributed by atoms with van der Waals surface area (Å²) in [5.74, 6) is -3.56. The van der Waals surface area contributed by atoms with Crippen molar-refractivity contribution in [2.45, 2.75) is 155 Å². The summed E-state index contributed by atoms with van der Waals surface area (Å²) in [5.41, 5.74) is 0. The number of carbonyl (C=O) groups excluding carboxylic acids is 1. The van der Waals surface area contributed by atoms with Gasteiger partial charge < -0.3 is 20.1 Å². The summed E-state index contributed by atoms with van der Waals surface area (Å²) in [5, 5.41) is 32.8. The van der Waals surface area contributed by atoms with E-state index in [9.17, 15) is 29.7 Å². The quantitative estimate of drug-likeness (QED) is 0.0846. The minimum atomic E-state index is -1.34. The van der Waals surface area contributed by atoms with Crippen LogP contribution in [0.3, 0.4) is 0 Å². The van der Waals surface area contributed by atoms with E-state index in [4.69, 9.17) is 0 Å². The molecule has 216 valence electrons. The minimum absolute atomic E-state index is 0.206. The average molecular weight is 526 g/mol. The van der Waals surface area contributed by atoms with Crippen LogP contribution in [0.25, 0.3) is 0 Å². The molecule has 37 heavy (non-hydrogen) atoms. The molecule has 0 aliphatic heterocycles. The highest BCUT2D eigenvalue weighted by Crippen LogP contribution is 2.34. The summed E-state index contributed by atoms with van der Waals surface area (Å²) in [6, 6.07) is -3.32. The molecule has 0 fully saturated rings. The normalized spacial score (nSPS) is 15.8. The Bertz CT molecular complexity index is 603. The van der Waals surface area contributed by atoms with Gasteiger partial charge in [-0.15, -0.1) is 0 Å². The molecule has 7 heteroatoms. The first-order valence-corrected chi connectivity index (χ1v) is 14.9. The molecule has 0 heterocycles. The number of hydrogen-bond donors (Lipinski definition) is 2. The van der Waals surface area contributed by atoms with Crippen molar-refractivity contribution in [3.05, 3.63) is 12.2 Å². The Balaban J connectivity index is 5.43. The lowest BCUT2D eigenvalue weighted by Crippen LogP contribution is -2.74. The van der Waals surface area contributed by atoms with Crippen molar-refractivity contribution in [1.82, 2.24) is 0 Å². The van der Waals surface area contributed by atoms with Crippen molar-refractivity contribution < 1.29 is 34.2 Å². The van der Waals surface area contributed by atoms with Crippen LogP contribution in [0, 0.1) is 0 Å². The van der Waals surface area contributed by atoms with Gasteiger partial charge in [0.2, 0.25) is 0 Å². The highest BCUT2D eigenvalue weighted by Gasteiger charge is 2.54. The first-order chi connectivity index (χ1) is 17.7. The van der Waals surface area contributed by atoms with Crippen LogP contribution in [0.2, 0.25) is 0 Å². The largest absolute Gasteiger partial charge is 0.544 e. The average Bonchev–Trinajstić information content (AvgIpc) is 2.85. The van der Waals surface area contributed by atoms with E-state index in [1.165, 1.54) is 25.7 Å². The van der Waals surface area contributed by atoms with E-state index >= 15 is 0 Å². The summed E-state index contributed by atoms with van der Waals surface area (Å²) in [7, 11) is 0. The zero-order valence-electron chi connectivity index (χ0n) is 24.1. The lowest BCUT2D eigenvalue weighted by Gasteiger charge is -2.52. The van der Waals surface area contributed by atoms with E-state index in [1.54, 1.807) is 0 Å². The van der Waals surface area contributed by atoms with Gasteiger partial charge in [-0.2, -0.15) is 0 Å². The maximum Gasteiger partial charge on any atom is 0.362 e. The summed E-state index contributed by atoms with van der Waals surface area (Å²) >= 11 is 0. The molecule has 0 spiro atoms. The van der Waals surface area contributed by atoms with Gasteiger partial charge in [-0.25, -0.2) is 9.59 Å². The molecule has 2 N–H and O–H groups in total. The fraction of sp³-hybridized carbons (Fsp3) is 0.833. The van der Waals surface area contributed by atoms with Crippen molar-refractivity contribution in [2.24, 2.45) is 0 Å². The summed E-state index contributed by atoms with van der Waals surface area (Å²) in [6.07, 6.45) is 18.6. The summed E-state index contributed by atoms with van der Waals surface area (Å²) in [4.78, 5) is 37.4. The molecule has 0 bridgehead atoms. The molecule has 3 unspecified atom stereocenters. The first kappa shape index (κ1) is 35.1. The topological polar surface area (TPSA) is 115 Å². The third kappa shape index (κ3) is 12.5. The molecule has 0 aromatic carbocycles. The molecule has 3 atom stereocenters. The Hall–Kier alpha value is -1.89. The fourth-order valence-corrected chi connectivity index (χ4v) is 5.80. The smallest absolute Gasteiger partial charge is 0.362 e. The number of quaternary nitrogens is 1. The first-order valence-electron chi connectivity index (χ1n) is 14.9. The summed E-state index contributed by atoms with van der Waals surface area (Å²) in [6.45, 7) is 7.94. The Morgan fingerprint density at radius 1 is 0.649 bits per heavy atom. The van der Waals surface area contributed by atoms with Crippen molar-refractivity contribution in [2.75, 3.05) is 6.54 Å². The third-order valence-electron chi connectivity index (χ3n) is 7.59. The molecule has 0 saturated carbocycles. The van der Waals surface area contributed by atoms with Gasteiger partial charge >= 0.3 is 11.9 Å². The minimum Gasteiger partial charge on any atom is -0.544 e. The molecular weight excluding hydrogens is 470 g/mol. The van der Waals surface area contributed by atoms with E-state index in [2.05, 4.69) is 19.1 Å². The van der Waals surface area contributed by atoms with E-state index in [-0.39, 0.29) is 25.8 Å². The van der Waals surface area contributed by atoms with Gasteiger partial charge in [-0.1, -0.05) is 84.8 Å². The zero-order chi connectivity index (χ0) is 28.1. The van der Waals surface area contributed by atoms with Crippen LogP contribution in [0.4, 0.5) is 0 Å². The number of aliphatic carboxylic acids is 3. The predicted molar refractivity (Wildman–Crippen MR) is 147 cm³/mol. The second kappa shape index (κ2) is 21.1. The molecule has 0 aliphatic rings. The highest BCUT2D eigenvalue weighted by atomic mass is 16.4. The van der Waals surface area contributed by atoms with Gasteiger partial charge in [0.1, 0.15) is 6.04 Å². The number of carbonyl (C=O) groups is 3. The Morgan fingerprint density at radius 3 is 1.43 bits per heavy atom. The number of hydrogen-bond acceptors (Lipinski definition) is 4. The van der Waals surface area contributed by atoms with Gasteiger partial charge in [0.25, 0.3) is 0 Å². The van der Waals surface area contributed by atoms with E-state index in [1.807, 2.05) is 20.8 Å². The van der Waals surface area contributed by atoms with Crippen molar-refractivity contribution in [1.29, 1.82) is 0 Å².